The predicted octanol–water partition coefficient (Wildman–Crippen LogP) is 4.23. The molecule has 2 heterocycles. The average molecular weight is 556 g/mol. The number of carbonyl (C=O) groups excluding carboxylic acids is 2. The molecule has 3 atom stereocenters. The lowest BCUT2D eigenvalue weighted by molar-refractivity contribution is -0.118. The van der Waals surface area contributed by atoms with Gasteiger partial charge in [0.1, 0.15) is 6.04 Å². The van der Waals surface area contributed by atoms with Gasteiger partial charge >= 0.3 is 6.09 Å². The molecule has 1 aromatic heterocycles. The number of hydrogen-bond donors (Lipinski definition) is 3. The fourth-order valence-electron chi connectivity index (χ4n) is 5.08. The summed E-state index contributed by atoms with van der Waals surface area (Å²) in [5.41, 5.74) is 3.44. The van der Waals surface area contributed by atoms with E-state index in [0.29, 0.717) is 31.1 Å². The molecule has 4 aromatic rings. The number of methoxy groups -OCH3 is 1. The van der Waals surface area contributed by atoms with E-state index in [-0.39, 0.29) is 18.1 Å². The van der Waals surface area contributed by atoms with Crippen LogP contribution in [0.25, 0.3) is 0 Å². The van der Waals surface area contributed by atoms with Crippen molar-refractivity contribution in [3.8, 4) is 0 Å². The van der Waals surface area contributed by atoms with E-state index >= 15 is 0 Å². The minimum absolute atomic E-state index is 0.00353. The van der Waals surface area contributed by atoms with Gasteiger partial charge in [0.15, 0.2) is 5.82 Å². The van der Waals surface area contributed by atoms with Crippen molar-refractivity contribution in [1.29, 1.82) is 0 Å². The molecule has 0 radical (unpaired) electrons. The summed E-state index contributed by atoms with van der Waals surface area (Å²) in [6.45, 7) is 1.10. The average Bonchev–Trinajstić information content (AvgIpc) is 3.57. The van der Waals surface area contributed by atoms with E-state index in [1.807, 2.05) is 84.9 Å². The van der Waals surface area contributed by atoms with Crippen LogP contribution in [0.3, 0.4) is 0 Å². The van der Waals surface area contributed by atoms with Gasteiger partial charge in [0.05, 0.1) is 25.9 Å². The first-order valence-corrected chi connectivity index (χ1v) is 13.6. The van der Waals surface area contributed by atoms with Gasteiger partial charge in [0.25, 0.3) is 0 Å². The normalized spacial score (nSPS) is 17.5. The number of nitrogens with one attached hydrogen (secondary N) is 3. The zero-order valence-corrected chi connectivity index (χ0v) is 22.7. The third-order valence-electron chi connectivity index (χ3n) is 7.18. The molecule has 5 rings (SSSR count). The van der Waals surface area contributed by atoms with Crippen molar-refractivity contribution >= 4 is 17.7 Å². The molecule has 1 unspecified atom stereocenters. The van der Waals surface area contributed by atoms with Gasteiger partial charge in [-0.3, -0.25) is 4.79 Å². The third-order valence-corrected chi connectivity index (χ3v) is 7.18. The van der Waals surface area contributed by atoms with Gasteiger partial charge in [0, 0.05) is 18.2 Å². The number of aromatic nitrogens is 2. The van der Waals surface area contributed by atoms with Crippen LogP contribution in [0.4, 0.5) is 10.5 Å². The van der Waals surface area contributed by atoms with E-state index in [1.165, 1.54) is 13.5 Å². The van der Waals surface area contributed by atoms with Crippen LogP contribution in [0.1, 0.15) is 40.9 Å². The third kappa shape index (κ3) is 7.16. The molecule has 0 bridgehead atoms. The van der Waals surface area contributed by atoms with Gasteiger partial charge in [0.2, 0.25) is 12.3 Å². The highest BCUT2D eigenvalue weighted by atomic mass is 16.5. The SMILES string of the molecule is COC(=O)NC(C(=O)Nc1ccccc1CC[C@@H]1CN[C@H](c2ncon2)CO1)C(c1ccccc1)c1ccccc1. The molecule has 1 aliphatic rings. The number of benzene rings is 3. The number of morpholine rings is 1. The summed E-state index contributed by atoms with van der Waals surface area (Å²) in [6, 6.07) is 25.9. The van der Waals surface area contributed by atoms with E-state index in [9.17, 15) is 9.59 Å². The number of alkyl carbamates (subject to hydrolysis) is 1. The molecule has 3 aromatic carbocycles. The van der Waals surface area contributed by atoms with Gasteiger partial charge in [-0.15, -0.1) is 0 Å². The van der Waals surface area contributed by atoms with Crippen molar-refractivity contribution in [2.24, 2.45) is 0 Å². The molecule has 212 valence electrons. The second-order valence-electron chi connectivity index (χ2n) is 9.80. The molecule has 41 heavy (non-hydrogen) atoms. The zero-order chi connectivity index (χ0) is 28.4. The summed E-state index contributed by atoms with van der Waals surface area (Å²) in [5, 5.41) is 13.2. The Morgan fingerprint density at radius 2 is 1.68 bits per heavy atom. The molecule has 3 N–H and O–H groups in total. The van der Waals surface area contributed by atoms with Crippen LogP contribution in [0.2, 0.25) is 0 Å². The summed E-state index contributed by atoms with van der Waals surface area (Å²) < 4.78 is 15.8. The number of nitrogens with zero attached hydrogens (tertiary/aromatic N) is 2. The molecular formula is C31H33N5O5. The highest BCUT2D eigenvalue weighted by Crippen LogP contribution is 2.30. The Morgan fingerprint density at radius 1 is 1.00 bits per heavy atom. The van der Waals surface area contributed by atoms with Crippen LogP contribution in [0.5, 0.6) is 0 Å². The maximum atomic E-state index is 13.9. The number of anilines is 1. The highest BCUT2D eigenvalue weighted by Gasteiger charge is 2.33. The van der Waals surface area contributed by atoms with Gasteiger partial charge in [-0.1, -0.05) is 84.0 Å². The van der Waals surface area contributed by atoms with E-state index in [2.05, 4.69) is 26.1 Å². The summed E-state index contributed by atoms with van der Waals surface area (Å²) in [5.74, 6) is -0.215. The Kier molecular flexibility index (Phi) is 9.35. The van der Waals surface area contributed by atoms with Gasteiger partial charge in [-0.25, -0.2) is 4.79 Å². The topological polar surface area (TPSA) is 128 Å². The van der Waals surface area contributed by atoms with Crippen molar-refractivity contribution in [2.75, 3.05) is 25.6 Å². The fraction of sp³-hybridized carbons (Fsp3) is 0.290. The predicted molar refractivity (Wildman–Crippen MR) is 152 cm³/mol. The van der Waals surface area contributed by atoms with Crippen molar-refractivity contribution in [3.05, 3.63) is 114 Å². The lowest BCUT2D eigenvalue weighted by Crippen LogP contribution is -2.48. The minimum atomic E-state index is -0.937. The number of para-hydroxylation sites is 1. The summed E-state index contributed by atoms with van der Waals surface area (Å²) in [6.07, 6.45) is 2.06. The van der Waals surface area contributed by atoms with Crippen LogP contribution in [0.15, 0.2) is 95.8 Å². The summed E-state index contributed by atoms with van der Waals surface area (Å²) >= 11 is 0. The van der Waals surface area contributed by atoms with E-state index in [0.717, 1.165) is 23.1 Å². The van der Waals surface area contributed by atoms with Crippen LogP contribution < -0.4 is 16.0 Å². The molecule has 2 amide bonds. The molecule has 0 saturated carbocycles. The van der Waals surface area contributed by atoms with Crippen LogP contribution in [-0.4, -0.2) is 54.5 Å². The Bertz CT molecular complexity index is 1350. The van der Waals surface area contributed by atoms with E-state index in [1.54, 1.807) is 0 Å². The lowest BCUT2D eigenvalue weighted by atomic mass is 9.84. The number of ether oxygens (including phenoxy) is 2. The first-order valence-electron chi connectivity index (χ1n) is 13.6. The van der Waals surface area contributed by atoms with Crippen molar-refractivity contribution in [3.63, 3.8) is 0 Å². The maximum Gasteiger partial charge on any atom is 0.407 e. The van der Waals surface area contributed by atoms with E-state index < -0.39 is 18.1 Å². The second kappa shape index (κ2) is 13.7. The Morgan fingerprint density at radius 3 is 2.29 bits per heavy atom. The molecule has 10 heteroatoms. The minimum Gasteiger partial charge on any atom is -0.453 e. The Balaban J connectivity index is 1.31. The first kappa shape index (κ1) is 28.0. The zero-order valence-electron chi connectivity index (χ0n) is 22.7. The number of hydrogen-bond acceptors (Lipinski definition) is 8. The Hall–Kier alpha value is -4.54. The maximum absolute atomic E-state index is 13.9. The Labute approximate surface area is 238 Å². The molecule has 1 fully saturated rings. The van der Waals surface area contributed by atoms with Gasteiger partial charge in [-0.2, -0.15) is 4.98 Å². The number of amides is 2. The lowest BCUT2D eigenvalue weighted by Gasteiger charge is -2.29. The second-order valence-corrected chi connectivity index (χ2v) is 9.80. The summed E-state index contributed by atoms with van der Waals surface area (Å²) in [4.78, 5) is 30.5. The van der Waals surface area contributed by atoms with Crippen LogP contribution in [0, 0.1) is 0 Å². The number of rotatable bonds is 10. The quantitative estimate of drug-likeness (QED) is 0.265. The highest BCUT2D eigenvalue weighted by molar-refractivity contribution is 5.98. The largest absolute Gasteiger partial charge is 0.453 e. The summed E-state index contributed by atoms with van der Waals surface area (Å²) in [7, 11) is 1.28. The molecule has 1 aliphatic heterocycles. The van der Waals surface area contributed by atoms with Crippen LogP contribution in [-0.2, 0) is 20.7 Å². The standard InChI is InChI=1S/C31H33N5O5/c1-39-31(38)35-28(27(22-11-4-2-5-12-22)23-13-6-3-7-14-23)30(37)34-25-15-9-8-10-21(25)16-17-24-18-32-26(19-40-24)29-33-20-41-36-29/h2-15,20,24,26-28,32H,16-19H2,1H3,(H,34,37)(H,35,38)/t24-,26+,28?/m1/s1. The monoisotopic (exact) mass is 555 g/mol. The molecule has 0 aliphatic carbocycles. The van der Waals surface area contributed by atoms with Crippen molar-refractivity contribution in [2.45, 2.75) is 36.9 Å². The molecule has 1 saturated heterocycles. The fourth-order valence-corrected chi connectivity index (χ4v) is 5.08. The van der Waals surface area contributed by atoms with Gasteiger partial charge in [-0.05, 0) is 35.6 Å². The van der Waals surface area contributed by atoms with Crippen molar-refractivity contribution < 1.29 is 23.6 Å². The number of aryl methyl sites for hydroxylation is 1. The first-order chi connectivity index (χ1) is 20.1. The smallest absolute Gasteiger partial charge is 0.407 e. The van der Waals surface area contributed by atoms with Crippen molar-refractivity contribution in [1.82, 2.24) is 20.8 Å². The molecular weight excluding hydrogens is 522 g/mol. The van der Waals surface area contributed by atoms with E-state index in [4.69, 9.17) is 14.0 Å². The molecule has 10 nitrogen and oxygen atoms in total. The van der Waals surface area contributed by atoms with Gasteiger partial charge < -0.3 is 29.9 Å². The molecule has 0 spiro atoms. The number of carbonyl (C=O) groups is 2. The van der Waals surface area contributed by atoms with Crippen LogP contribution >= 0.6 is 0 Å².